The summed E-state index contributed by atoms with van der Waals surface area (Å²) in [4.78, 5) is 12.7. The zero-order chi connectivity index (χ0) is 15.1. The van der Waals surface area contributed by atoms with E-state index in [1.807, 2.05) is 43.3 Å². The standard InChI is InChI=1S/C17H17N3O2/c1-12-4-6-13(7-5-12)11-19-17(21)20(14-8-9-14)16(18-19)15-3-2-10-22-15/h2-7,10,14H,8-9,11H2,1H3. The summed E-state index contributed by atoms with van der Waals surface area (Å²) in [5, 5.41) is 4.50. The lowest BCUT2D eigenvalue weighted by Gasteiger charge is -2.01. The molecule has 0 unspecified atom stereocenters. The summed E-state index contributed by atoms with van der Waals surface area (Å²) in [7, 11) is 0. The van der Waals surface area contributed by atoms with E-state index in [1.54, 1.807) is 10.8 Å². The molecule has 0 N–H and O–H groups in total. The molecule has 112 valence electrons. The zero-order valence-electron chi connectivity index (χ0n) is 12.4. The molecule has 2 aromatic heterocycles. The molecule has 0 amide bonds. The van der Waals surface area contributed by atoms with Crippen molar-refractivity contribution in [3.8, 4) is 11.6 Å². The van der Waals surface area contributed by atoms with Crippen molar-refractivity contribution in [2.45, 2.75) is 32.4 Å². The van der Waals surface area contributed by atoms with Gasteiger partial charge in [0.25, 0.3) is 0 Å². The van der Waals surface area contributed by atoms with Gasteiger partial charge in [0, 0.05) is 6.04 Å². The Bertz CT molecular complexity index is 837. The van der Waals surface area contributed by atoms with E-state index in [1.165, 1.54) is 10.2 Å². The van der Waals surface area contributed by atoms with Crippen molar-refractivity contribution in [3.63, 3.8) is 0 Å². The Balaban J connectivity index is 1.75. The van der Waals surface area contributed by atoms with Gasteiger partial charge in [-0.1, -0.05) is 29.8 Å². The van der Waals surface area contributed by atoms with Gasteiger partial charge in [0.1, 0.15) is 0 Å². The first-order valence-corrected chi connectivity index (χ1v) is 7.51. The first-order chi connectivity index (χ1) is 10.7. The highest BCUT2D eigenvalue weighted by Crippen LogP contribution is 2.36. The van der Waals surface area contributed by atoms with Gasteiger partial charge >= 0.3 is 5.69 Å². The number of benzene rings is 1. The topological polar surface area (TPSA) is 53.0 Å². The van der Waals surface area contributed by atoms with Gasteiger partial charge in [0.15, 0.2) is 5.76 Å². The second-order valence-electron chi connectivity index (χ2n) is 5.83. The highest BCUT2D eigenvalue weighted by Gasteiger charge is 2.31. The molecule has 0 bridgehead atoms. The van der Waals surface area contributed by atoms with Crippen LogP contribution in [-0.4, -0.2) is 14.3 Å². The maximum atomic E-state index is 12.7. The minimum absolute atomic E-state index is 0.0607. The summed E-state index contributed by atoms with van der Waals surface area (Å²) in [5.41, 5.74) is 2.21. The molecule has 1 aliphatic rings. The van der Waals surface area contributed by atoms with Crippen LogP contribution in [0.3, 0.4) is 0 Å². The largest absolute Gasteiger partial charge is 0.461 e. The fourth-order valence-corrected chi connectivity index (χ4v) is 2.63. The lowest BCUT2D eigenvalue weighted by molar-refractivity contribution is 0.568. The average Bonchev–Trinajstić information content (AvgIpc) is 3.09. The molecule has 0 atom stereocenters. The number of nitrogens with zero attached hydrogens (tertiary/aromatic N) is 3. The third-order valence-corrected chi connectivity index (χ3v) is 3.98. The summed E-state index contributed by atoms with van der Waals surface area (Å²) in [5.74, 6) is 1.27. The number of furan rings is 1. The minimum atomic E-state index is -0.0607. The SMILES string of the molecule is Cc1ccc(Cn2nc(-c3ccco3)n(C3CC3)c2=O)cc1. The van der Waals surface area contributed by atoms with Crippen molar-refractivity contribution in [1.82, 2.24) is 14.3 Å². The van der Waals surface area contributed by atoms with Crippen LogP contribution in [0.1, 0.15) is 30.0 Å². The molecular formula is C17H17N3O2. The third-order valence-electron chi connectivity index (χ3n) is 3.98. The molecule has 1 aliphatic carbocycles. The van der Waals surface area contributed by atoms with Gasteiger partial charge in [-0.05, 0) is 37.5 Å². The molecule has 5 heteroatoms. The van der Waals surface area contributed by atoms with E-state index < -0.39 is 0 Å². The second kappa shape index (κ2) is 5.02. The second-order valence-corrected chi connectivity index (χ2v) is 5.83. The van der Waals surface area contributed by atoms with Crippen molar-refractivity contribution in [2.75, 3.05) is 0 Å². The average molecular weight is 295 g/mol. The van der Waals surface area contributed by atoms with E-state index in [9.17, 15) is 4.79 Å². The van der Waals surface area contributed by atoms with E-state index >= 15 is 0 Å². The molecule has 0 radical (unpaired) electrons. The van der Waals surface area contributed by atoms with Crippen LogP contribution in [0.5, 0.6) is 0 Å². The predicted molar refractivity (Wildman–Crippen MR) is 82.7 cm³/mol. The van der Waals surface area contributed by atoms with Crippen LogP contribution in [0, 0.1) is 6.92 Å². The van der Waals surface area contributed by atoms with Crippen molar-refractivity contribution >= 4 is 0 Å². The van der Waals surface area contributed by atoms with E-state index in [4.69, 9.17) is 4.42 Å². The fraction of sp³-hybridized carbons (Fsp3) is 0.294. The van der Waals surface area contributed by atoms with Gasteiger partial charge in [0.2, 0.25) is 5.82 Å². The van der Waals surface area contributed by atoms with Gasteiger partial charge < -0.3 is 4.42 Å². The van der Waals surface area contributed by atoms with E-state index in [2.05, 4.69) is 5.10 Å². The van der Waals surface area contributed by atoms with Crippen LogP contribution in [0.2, 0.25) is 0 Å². The zero-order valence-corrected chi connectivity index (χ0v) is 12.4. The summed E-state index contributed by atoms with van der Waals surface area (Å²) >= 11 is 0. The first kappa shape index (κ1) is 13.1. The van der Waals surface area contributed by atoms with Crippen molar-refractivity contribution in [1.29, 1.82) is 0 Å². The Morgan fingerprint density at radius 3 is 2.64 bits per heavy atom. The first-order valence-electron chi connectivity index (χ1n) is 7.51. The van der Waals surface area contributed by atoms with Crippen LogP contribution in [-0.2, 0) is 6.54 Å². The van der Waals surface area contributed by atoms with Crippen LogP contribution in [0.4, 0.5) is 0 Å². The Morgan fingerprint density at radius 2 is 2.00 bits per heavy atom. The molecule has 0 spiro atoms. The van der Waals surface area contributed by atoms with Crippen molar-refractivity contribution in [3.05, 3.63) is 64.3 Å². The van der Waals surface area contributed by atoms with Crippen molar-refractivity contribution < 1.29 is 4.42 Å². The molecule has 0 aliphatic heterocycles. The van der Waals surface area contributed by atoms with E-state index in [-0.39, 0.29) is 11.7 Å². The van der Waals surface area contributed by atoms with Gasteiger partial charge in [-0.2, -0.15) is 0 Å². The van der Waals surface area contributed by atoms with E-state index in [0.717, 1.165) is 18.4 Å². The number of hydrogen-bond donors (Lipinski definition) is 0. The molecule has 4 rings (SSSR count). The molecule has 0 saturated heterocycles. The summed E-state index contributed by atoms with van der Waals surface area (Å²) in [6.45, 7) is 2.53. The van der Waals surface area contributed by atoms with Gasteiger partial charge in [-0.15, -0.1) is 5.10 Å². The fourth-order valence-electron chi connectivity index (χ4n) is 2.63. The molecule has 1 saturated carbocycles. The van der Waals surface area contributed by atoms with Crippen LogP contribution in [0.25, 0.3) is 11.6 Å². The Labute approximate surface area is 127 Å². The smallest absolute Gasteiger partial charge is 0.346 e. The molecular weight excluding hydrogens is 278 g/mol. The normalized spacial score (nSPS) is 14.4. The Hall–Kier alpha value is -2.56. The van der Waals surface area contributed by atoms with Crippen LogP contribution < -0.4 is 5.69 Å². The molecule has 2 heterocycles. The predicted octanol–water partition coefficient (Wildman–Crippen LogP) is 3.00. The van der Waals surface area contributed by atoms with Crippen molar-refractivity contribution in [2.24, 2.45) is 0 Å². The van der Waals surface area contributed by atoms with Gasteiger partial charge in [-0.25, -0.2) is 9.48 Å². The number of hydrogen-bond acceptors (Lipinski definition) is 3. The molecule has 1 aromatic carbocycles. The van der Waals surface area contributed by atoms with Gasteiger partial charge in [-0.3, -0.25) is 4.57 Å². The Kier molecular flexibility index (Phi) is 2.99. The molecule has 1 fully saturated rings. The maximum Gasteiger partial charge on any atom is 0.346 e. The lowest BCUT2D eigenvalue weighted by Crippen LogP contribution is -2.25. The highest BCUT2D eigenvalue weighted by molar-refractivity contribution is 5.46. The summed E-state index contributed by atoms with van der Waals surface area (Å²) in [6, 6.07) is 12.1. The highest BCUT2D eigenvalue weighted by atomic mass is 16.3. The Morgan fingerprint density at radius 1 is 1.23 bits per heavy atom. The lowest BCUT2D eigenvalue weighted by atomic mass is 10.1. The molecule has 3 aromatic rings. The number of aryl methyl sites for hydroxylation is 1. The molecule has 5 nitrogen and oxygen atoms in total. The minimum Gasteiger partial charge on any atom is -0.461 e. The molecule has 22 heavy (non-hydrogen) atoms. The third kappa shape index (κ3) is 2.28. The summed E-state index contributed by atoms with van der Waals surface area (Å²) in [6.07, 6.45) is 3.67. The van der Waals surface area contributed by atoms with Gasteiger partial charge in [0.05, 0.1) is 12.8 Å². The van der Waals surface area contributed by atoms with Crippen LogP contribution >= 0.6 is 0 Å². The monoisotopic (exact) mass is 295 g/mol. The number of aromatic nitrogens is 3. The van der Waals surface area contributed by atoms with Crippen LogP contribution in [0.15, 0.2) is 51.9 Å². The maximum absolute atomic E-state index is 12.7. The number of rotatable bonds is 4. The summed E-state index contributed by atoms with van der Waals surface area (Å²) < 4.78 is 8.74. The quantitative estimate of drug-likeness (QED) is 0.743. The van der Waals surface area contributed by atoms with E-state index in [0.29, 0.717) is 18.1 Å².